The molecule has 1 atom stereocenters. The predicted molar refractivity (Wildman–Crippen MR) is 97.3 cm³/mol. The number of amides is 1. The highest BCUT2D eigenvalue weighted by Gasteiger charge is 2.25. The summed E-state index contributed by atoms with van der Waals surface area (Å²) in [6.45, 7) is 5.24. The number of pyridine rings is 1. The Hall–Kier alpha value is -3.22. The standard InChI is InChI=1S/C19H20N4O3/c1-11(2)17(19(25)26)22-18(24)14-10-20-23(12(14)3)16-9-8-13-6-4-5-7-15(13)21-16/h4-11,17H,1-3H3,(H,22,24)(H,25,26). The summed E-state index contributed by atoms with van der Waals surface area (Å²) in [4.78, 5) is 28.4. The molecular formula is C19H20N4O3. The second-order valence-corrected chi connectivity index (χ2v) is 6.45. The molecule has 0 spiro atoms. The van der Waals surface area contributed by atoms with Gasteiger partial charge in [-0.3, -0.25) is 4.79 Å². The highest BCUT2D eigenvalue weighted by Crippen LogP contribution is 2.17. The van der Waals surface area contributed by atoms with Crippen molar-refractivity contribution in [1.29, 1.82) is 0 Å². The number of aromatic nitrogens is 3. The molecule has 26 heavy (non-hydrogen) atoms. The molecule has 7 nitrogen and oxygen atoms in total. The van der Waals surface area contributed by atoms with Gasteiger partial charge in [0.15, 0.2) is 5.82 Å². The van der Waals surface area contributed by atoms with Crippen LogP contribution >= 0.6 is 0 Å². The number of fused-ring (bicyclic) bond motifs is 1. The molecule has 0 radical (unpaired) electrons. The number of para-hydroxylation sites is 1. The van der Waals surface area contributed by atoms with E-state index in [0.29, 0.717) is 17.1 Å². The quantitative estimate of drug-likeness (QED) is 0.735. The van der Waals surface area contributed by atoms with E-state index in [1.54, 1.807) is 25.5 Å². The molecule has 0 aliphatic heterocycles. The van der Waals surface area contributed by atoms with Gasteiger partial charge in [0.2, 0.25) is 0 Å². The Kier molecular flexibility index (Phi) is 4.71. The summed E-state index contributed by atoms with van der Waals surface area (Å²) in [5.74, 6) is -1.15. The molecule has 3 rings (SSSR count). The lowest BCUT2D eigenvalue weighted by molar-refractivity contribution is -0.140. The first-order valence-corrected chi connectivity index (χ1v) is 8.33. The Labute approximate surface area is 150 Å². The number of benzene rings is 1. The lowest BCUT2D eigenvalue weighted by atomic mass is 10.0. The van der Waals surface area contributed by atoms with Crippen molar-refractivity contribution in [3.8, 4) is 5.82 Å². The smallest absolute Gasteiger partial charge is 0.326 e. The van der Waals surface area contributed by atoms with Crippen LogP contribution in [0.4, 0.5) is 0 Å². The van der Waals surface area contributed by atoms with Crippen LogP contribution in [0, 0.1) is 12.8 Å². The summed E-state index contributed by atoms with van der Waals surface area (Å²) in [5.41, 5.74) is 1.75. The molecule has 1 aromatic carbocycles. The van der Waals surface area contributed by atoms with E-state index in [1.165, 1.54) is 6.20 Å². The SMILES string of the molecule is Cc1c(C(=O)NC(C(=O)O)C(C)C)cnn1-c1ccc2ccccc2n1. The van der Waals surface area contributed by atoms with E-state index in [1.807, 2.05) is 36.4 Å². The van der Waals surface area contributed by atoms with Crippen LogP contribution in [0.3, 0.4) is 0 Å². The summed E-state index contributed by atoms with van der Waals surface area (Å²) in [5, 5.41) is 17.1. The maximum atomic E-state index is 12.5. The van der Waals surface area contributed by atoms with Gasteiger partial charge in [0.25, 0.3) is 5.91 Å². The molecule has 7 heteroatoms. The molecule has 1 amide bonds. The summed E-state index contributed by atoms with van der Waals surface area (Å²) < 4.78 is 1.58. The zero-order valence-corrected chi connectivity index (χ0v) is 14.8. The minimum Gasteiger partial charge on any atom is -0.480 e. The average Bonchev–Trinajstić information content (AvgIpc) is 3.00. The topological polar surface area (TPSA) is 97.1 Å². The second-order valence-electron chi connectivity index (χ2n) is 6.45. The van der Waals surface area contributed by atoms with Crippen LogP contribution < -0.4 is 5.32 Å². The van der Waals surface area contributed by atoms with E-state index in [9.17, 15) is 14.7 Å². The van der Waals surface area contributed by atoms with E-state index >= 15 is 0 Å². The molecule has 1 unspecified atom stereocenters. The highest BCUT2D eigenvalue weighted by molar-refractivity contribution is 5.97. The van der Waals surface area contributed by atoms with Gasteiger partial charge in [-0.25, -0.2) is 14.5 Å². The van der Waals surface area contributed by atoms with Crippen molar-refractivity contribution in [3.63, 3.8) is 0 Å². The molecule has 2 aromatic heterocycles. The second kappa shape index (κ2) is 6.95. The third kappa shape index (κ3) is 3.28. The van der Waals surface area contributed by atoms with Crippen LogP contribution in [0.5, 0.6) is 0 Å². The number of hydrogen-bond acceptors (Lipinski definition) is 4. The molecule has 0 fully saturated rings. The van der Waals surface area contributed by atoms with Crippen LogP contribution in [-0.4, -0.2) is 37.8 Å². The number of rotatable bonds is 5. The largest absolute Gasteiger partial charge is 0.480 e. The van der Waals surface area contributed by atoms with Gasteiger partial charge < -0.3 is 10.4 Å². The van der Waals surface area contributed by atoms with Crippen LogP contribution in [0.25, 0.3) is 16.7 Å². The van der Waals surface area contributed by atoms with Crippen LogP contribution in [-0.2, 0) is 4.79 Å². The molecule has 0 saturated carbocycles. The van der Waals surface area contributed by atoms with Gasteiger partial charge in [-0.1, -0.05) is 32.0 Å². The first kappa shape index (κ1) is 17.6. The Morgan fingerprint density at radius 3 is 2.58 bits per heavy atom. The van der Waals surface area contributed by atoms with Crippen molar-refractivity contribution < 1.29 is 14.7 Å². The van der Waals surface area contributed by atoms with E-state index in [0.717, 1.165) is 10.9 Å². The summed E-state index contributed by atoms with van der Waals surface area (Å²) in [7, 11) is 0. The number of hydrogen-bond donors (Lipinski definition) is 2. The normalized spacial score (nSPS) is 12.3. The van der Waals surface area contributed by atoms with Crippen molar-refractivity contribution in [1.82, 2.24) is 20.1 Å². The van der Waals surface area contributed by atoms with Crippen LogP contribution in [0.15, 0.2) is 42.6 Å². The summed E-state index contributed by atoms with van der Waals surface area (Å²) >= 11 is 0. The third-order valence-electron chi connectivity index (χ3n) is 4.27. The van der Waals surface area contributed by atoms with Gasteiger partial charge in [0.1, 0.15) is 6.04 Å². The van der Waals surface area contributed by atoms with Gasteiger partial charge in [-0.2, -0.15) is 5.10 Å². The summed E-state index contributed by atoms with van der Waals surface area (Å²) in [6, 6.07) is 10.6. The fourth-order valence-corrected chi connectivity index (χ4v) is 2.77. The Morgan fingerprint density at radius 1 is 1.15 bits per heavy atom. The maximum absolute atomic E-state index is 12.5. The molecule has 0 aliphatic carbocycles. The van der Waals surface area contributed by atoms with E-state index < -0.39 is 17.9 Å². The monoisotopic (exact) mass is 352 g/mol. The molecule has 0 aliphatic rings. The van der Waals surface area contributed by atoms with Gasteiger partial charge in [-0.15, -0.1) is 0 Å². The highest BCUT2D eigenvalue weighted by atomic mass is 16.4. The Balaban J connectivity index is 1.91. The number of carboxylic acid groups (broad SMARTS) is 1. The maximum Gasteiger partial charge on any atom is 0.326 e. The number of nitrogens with one attached hydrogen (secondary N) is 1. The predicted octanol–water partition coefficient (Wildman–Crippen LogP) is 2.57. The van der Waals surface area contributed by atoms with Crippen molar-refractivity contribution in [2.45, 2.75) is 26.8 Å². The molecular weight excluding hydrogens is 332 g/mol. The lowest BCUT2D eigenvalue weighted by Gasteiger charge is -2.17. The number of carboxylic acids is 1. The summed E-state index contributed by atoms with van der Waals surface area (Å²) in [6.07, 6.45) is 1.43. The van der Waals surface area contributed by atoms with Gasteiger partial charge in [0, 0.05) is 5.39 Å². The van der Waals surface area contributed by atoms with E-state index in [-0.39, 0.29) is 5.92 Å². The molecule has 0 saturated heterocycles. The Morgan fingerprint density at radius 2 is 1.88 bits per heavy atom. The minimum atomic E-state index is -1.06. The molecule has 2 heterocycles. The number of carbonyl (C=O) groups excluding carboxylic acids is 1. The number of aliphatic carboxylic acids is 1. The van der Waals surface area contributed by atoms with Crippen molar-refractivity contribution in [2.24, 2.45) is 5.92 Å². The fourth-order valence-electron chi connectivity index (χ4n) is 2.77. The average molecular weight is 352 g/mol. The van der Waals surface area contributed by atoms with E-state index in [2.05, 4.69) is 15.4 Å². The van der Waals surface area contributed by atoms with Crippen LogP contribution in [0.2, 0.25) is 0 Å². The number of carbonyl (C=O) groups is 2. The van der Waals surface area contributed by atoms with Gasteiger partial charge >= 0.3 is 5.97 Å². The first-order chi connectivity index (χ1) is 12.4. The lowest BCUT2D eigenvalue weighted by Crippen LogP contribution is -2.44. The zero-order valence-electron chi connectivity index (χ0n) is 14.8. The fraction of sp³-hybridized carbons (Fsp3) is 0.263. The van der Waals surface area contributed by atoms with Crippen molar-refractivity contribution in [2.75, 3.05) is 0 Å². The Bertz CT molecular complexity index is 978. The van der Waals surface area contributed by atoms with E-state index in [4.69, 9.17) is 0 Å². The number of nitrogens with zero attached hydrogens (tertiary/aromatic N) is 3. The van der Waals surface area contributed by atoms with Crippen molar-refractivity contribution >= 4 is 22.8 Å². The van der Waals surface area contributed by atoms with Gasteiger partial charge in [-0.05, 0) is 31.0 Å². The molecule has 2 N–H and O–H groups in total. The third-order valence-corrected chi connectivity index (χ3v) is 4.27. The molecule has 134 valence electrons. The molecule has 3 aromatic rings. The first-order valence-electron chi connectivity index (χ1n) is 8.33. The minimum absolute atomic E-state index is 0.228. The zero-order chi connectivity index (χ0) is 18.8. The van der Waals surface area contributed by atoms with Crippen LogP contribution in [0.1, 0.15) is 29.9 Å². The molecule has 0 bridgehead atoms. The van der Waals surface area contributed by atoms with Crippen molar-refractivity contribution in [3.05, 3.63) is 53.9 Å². The van der Waals surface area contributed by atoms with Gasteiger partial charge in [0.05, 0.1) is 23.0 Å².